The van der Waals surface area contributed by atoms with Crippen LogP contribution < -0.4 is 42.5 Å². The lowest BCUT2D eigenvalue weighted by Crippen LogP contribution is -3.05. The average Bonchev–Trinajstić information content (AvgIpc) is 2.92. The van der Waals surface area contributed by atoms with Crippen LogP contribution in [0.5, 0.6) is 0 Å². The number of carboxylic acid groups (broad SMARTS) is 1. The van der Waals surface area contributed by atoms with E-state index >= 15 is 0 Å². The number of aliphatic carboxylic acids is 1. The molecular formula is C25H48N8O10+2. The van der Waals surface area contributed by atoms with E-state index in [9.17, 15) is 43.8 Å². The predicted octanol–water partition coefficient (Wildman–Crippen LogP) is -7.42. The molecule has 0 unspecified atom stereocenters. The van der Waals surface area contributed by atoms with Crippen LogP contribution in [0.4, 0.5) is 0 Å². The molecule has 18 heteroatoms. The number of carbonyl (C=O) groups excluding carboxylic acids is 6. The first-order valence-electron chi connectivity index (χ1n) is 13.9. The second kappa shape index (κ2) is 20.1. The van der Waals surface area contributed by atoms with Crippen molar-refractivity contribution in [2.45, 2.75) is 76.3 Å². The molecule has 0 spiro atoms. The average molecular weight is 621 g/mol. The van der Waals surface area contributed by atoms with E-state index in [-0.39, 0.29) is 6.42 Å². The Balaban J connectivity index is 5.47. The number of aliphatic hydroxyl groups is 2. The van der Waals surface area contributed by atoms with Crippen molar-refractivity contribution in [3.8, 4) is 0 Å². The summed E-state index contributed by atoms with van der Waals surface area (Å²) in [4.78, 5) is 86.5. The van der Waals surface area contributed by atoms with Gasteiger partial charge in [0.25, 0.3) is 5.91 Å². The molecule has 0 bridgehead atoms. The second-order valence-corrected chi connectivity index (χ2v) is 10.5. The summed E-state index contributed by atoms with van der Waals surface area (Å²) in [6.07, 6.45) is -0.0404. The summed E-state index contributed by atoms with van der Waals surface area (Å²) in [7, 11) is 3.92. The molecule has 0 aromatic carbocycles. The van der Waals surface area contributed by atoms with Crippen LogP contribution in [0.3, 0.4) is 0 Å². The monoisotopic (exact) mass is 620 g/mol. The van der Waals surface area contributed by atoms with Crippen molar-refractivity contribution in [1.29, 1.82) is 0 Å². The van der Waals surface area contributed by atoms with Crippen molar-refractivity contribution < 1.29 is 59.5 Å². The van der Waals surface area contributed by atoms with Gasteiger partial charge in [-0.3, -0.25) is 33.6 Å². The van der Waals surface area contributed by atoms with E-state index in [1.807, 2.05) is 19.4 Å². The Kier molecular flexibility index (Phi) is 18.3. The Hall–Kier alpha value is -3.87. The summed E-state index contributed by atoms with van der Waals surface area (Å²) in [5.74, 6) is -6.09. The van der Waals surface area contributed by atoms with Crippen LogP contribution in [0.1, 0.15) is 40.0 Å². The fraction of sp³-hybridized carbons (Fsp3) is 0.720. The number of nitrogens with one attached hydrogen (secondary N) is 7. The number of carboxylic acids is 1. The molecule has 0 saturated heterocycles. The van der Waals surface area contributed by atoms with Gasteiger partial charge in [-0.2, -0.15) is 0 Å². The van der Waals surface area contributed by atoms with Gasteiger partial charge in [-0.15, -0.1) is 0 Å². The SMILES string of the molecule is C[C@H]([NH3+])C(=O)N[C@@H](C)C(=O)N[C@@H](CCCC[NH+](C)C)C(=O)N[C@@H](CO)C(=O)N[C@H](C(=O)NCC(=O)NCC(=O)O)[C@@H](C)O. The Morgan fingerprint density at radius 3 is 1.84 bits per heavy atom. The first-order valence-corrected chi connectivity index (χ1v) is 13.9. The van der Waals surface area contributed by atoms with Crippen LogP contribution in [-0.4, -0.2) is 133 Å². The van der Waals surface area contributed by atoms with Gasteiger partial charge in [-0.05, 0) is 40.0 Å². The topological polar surface area (TPSA) is 284 Å². The summed E-state index contributed by atoms with van der Waals surface area (Å²) in [5.41, 5.74) is 3.59. The lowest BCUT2D eigenvalue weighted by atomic mass is 10.1. The molecule has 0 aromatic heterocycles. The molecule has 0 aliphatic carbocycles. The maximum Gasteiger partial charge on any atom is 0.322 e. The number of quaternary nitrogens is 2. The number of aliphatic hydroxyl groups excluding tert-OH is 2. The maximum atomic E-state index is 13.1. The number of carbonyl (C=O) groups is 7. The minimum Gasteiger partial charge on any atom is -0.480 e. The molecule has 0 saturated carbocycles. The molecule has 0 aliphatic rings. The van der Waals surface area contributed by atoms with Crippen molar-refractivity contribution in [2.75, 3.05) is 40.3 Å². The van der Waals surface area contributed by atoms with Gasteiger partial charge in [0, 0.05) is 0 Å². The molecule has 43 heavy (non-hydrogen) atoms. The van der Waals surface area contributed by atoms with Crippen molar-refractivity contribution in [3.05, 3.63) is 0 Å². The van der Waals surface area contributed by atoms with Gasteiger partial charge in [0.15, 0.2) is 6.04 Å². The van der Waals surface area contributed by atoms with Gasteiger partial charge in [-0.1, -0.05) is 0 Å². The number of unbranched alkanes of at least 4 members (excludes halogenated alkanes) is 1. The number of rotatable bonds is 20. The zero-order chi connectivity index (χ0) is 33.3. The minimum atomic E-state index is -1.60. The number of amides is 6. The molecule has 0 rings (SSSR count). The quantitative estimate of drug-likeness (QED) is 0.0572. The molecule has 0 fully saturated rings. The van der Waals surface area contributed by atoms with E-state index in [1.165, 1.54) is 18.7 Å². The first-order chi connectivity index (χ1) is 20.0. The van der Waals surface area contributed by atoms with E-state index < -0.39 is 97.4 Å². The lowest BCUT2D eigenvalue weighted by Gasteiger charge is -2.26. The normalized spacial score (nSPS) is 15.1. The second-order valence-electron chi connectivity index (χ2n) is 10.5. The Morgan fingerprint density at radius 2 is 1.33 bits per heavy atom. The van der Waals surface area contributed by atoms with Crippen LogP contribution in [-0.2, 0) is 33.6 Å². The van der Waals surface area contributed by atoms with Crippen LogP contribution in [0, 0.1) is 0 Å². The highest BCUT2D eigenvalue weighted by molar-refractivity contribution is 5.96. The number of hydrogen-bond donors (Lipinski definition) is 11. The molecular weight excluding hydrogens is 572 g/mol. The maximum absolute atomic E-state index is 13.1. The highest BCUT2D eigenvalue weighted by Crippen LogP contribution is 2.03. The fourth-order valence-electron chi connectivity index (χ4n) is 3.45. The third-order valence-corrected chi connectivity index (χ3v) is 5.99. The van der Waals surface area contributed by atoms with Gasteiger partial charge < -0.3 is 57.9 Å². The van der Waals surface area contributed by atoms with Crippen LogP contribution in [0.15, 0.2) is 0 Å². The molecule has 6 amide bonds. The lowest BCUT2D eigenvalue weighted by molar-refractivity contribution is -0.858. The third-order valence-electron chi connectivity index (χ3n) is 5.99. The molecule has 0 aliphatic heterocycles. The fourth-order valence-corrected chi connectivity index (χ4v) is 3.45. The first kappa shape index (κ1) is 39.1. The van der Waals surface area contributed by atoms with Gasteiger partial charge in [0.1, 0.15) is 30.7 Å². The van der Waals surface area contributed by atoms with Gasteiger partial charge in [0.05, 0.1) is 39.9 Å². The molecule has 246 valence electrons. The highest BCUT2D eigenvalue weighted by Gasteiger charge is 2.32. The van der Waals surface area contributed by atoms with Crippen molar-refractivity contribution in [1.82, 2.24) is 31.9 Å². The van der Waals surface area contributed by atoms with Crippen LogP contribution in [0.25, 0.3) is 0 Å². The van der Waals surface area contributed by atoms with Gasteiger partial charge in [-0.25, -0.2) is 0 Å². The van der Waals surface area contributed by atoms with Gasteiger partial charge >= 0.3 is 5.97 Å². The van der Waals surface area contributed by atoms with Crippen molar-refractivity contribution >= 4 is 41.4 Å². The van der Waals surface area contributed by atoms with E-state index in [0.29, 0.717) is 6.42 Å². The summed E-state index contributed by atoms with van der Waals surface area (Å²) >= 11 is 0. The standard InChI is InChI=1S/C25H46N8O10/c1-13(26)21(39)29-14(2)22(40)30-16(8-6-7-9-33(4)5)23(41)31-17(12-34)24(42)32-20(15(3)35)25(43)28-10-18(36)27-11-19(37)38/h13-17,20,34-35H,6-12,26H2,1-5H3,(H,27,36)(H,28,43)(H,29,39)(H,30,40)(H,31,41)(H,32,42)(H,37,38)/p+2/t13-,14-,15+,16-,17-,20-/m0/s1. The molecule has 13 N–H and O–H groups in total. The molecule has 0 heterocycles. The third kappa shape index (κ3) is 16.4. The smallest absolute Gasteiger partial charge is 0.322 e. The van der Waals surface area contributed by atoms with Crippen LogP contribution >= 0.6 is 0 Å². The Bertz CT molecular complexity index is 976. The Labute approximate surface area is 249 Å². The summed E-state index contributed by atoms with van der Waals surface area (Å²) in [5, 5.41) is 42.2. The van der Waals surface area contributed by atoms with E-state index in [2.05, 4.69) is 32.3 Å². The molecule has 0 aromatic rings. The van der Waals surface area contributed by atoms with Crippen molar-refractivity contribution in [3.63, 3.8) is 0 Å². The largest absolute Gasteiger partial charge is 0.480 e. The highest BCUT2D eigenvalue weighted by atomic mass is 16.4. The van der Waals surface area contributed by atoms with Crippen LogP contribution in [0.2, 0.25) is 0 Å². The summed E-state index contributed by atoms with van der Waals surface area (Å²) in [6, 6.07) is -5.94. The van der Waals surface area contributed by atoms with E-state index in [1.54, 1.807) is 6.92 Å². The molecule has 0 radical (unpaired) electrons. The zero-order valence-corrected chi connectivity index (χ0v) is 25.3. The van der Waals surface area contributed by atoms with Crippen molar-refractivity contribution in [2.24, 2.45) is 0 Å². The number of hydrogen-bond acceptors (Lipinski definition) is 9. The molecule has 18 nitrogen and oxygen atoms in total. The minimum absolute atomic E-state index is 0.180. The summed E-state index contributed by atoms with van der Waals surface area (Å²) < 4.78 is 0. The molecule has 6 atom stereocenters. The summed E-state index contributed by atoms with van der Waals surface area (Å²) in [6.45, 7) is 2.73. The Morgan fingerprint density at radius 1 is 0.744 bits per heavy atom. The van der Waals surface area contributed by atoms with E-state index in [0.717, 1.165) is 13.0 Å². The van der Waals surface area contributed by atoms with Gasteiger partial charge in [0.2, 0.25) is 29.5 Å². The zero-order valence-electron chi connectivity index (χ0n) is 25.3. The predicted molar refractivity (Wildman–Crippen MR) is 150 cm³/mol. The van der Waals surface area contributed by atoms with E-state index in [4.69, 9.17) is 5.11 Å².